The molecule has 0 bridgehead atoms. The fraction of sp³-hybridized carbons (Fsp3) is 0.286. The minimum Gasteiger partial charge on any atom is -0.383 e. The molecule has 0 atom stereocenters. The molecule has 19 heavy (non-hydrogen) atoms. The summed E-state index contributed by atoms with van der Waals surface area (Å²) in [5.41, 5.74) is 7.85. The van der Waals surface area contributed by atoms with E-state index in [0.717, 1.165) is 29.3 Å². The van der Waals surface area contributed by atoms with Crippen molar-refractivity contribution < 1.29 is 0 Å². The SMILES string of the molecule is CCc1nc(N)c(C)c(Nc2ccccc2SC)n1. The van der Waals surface area contributed by atoms with Crippen molar-refractivity contribution in [3.63, 3.8) is 0 Å². The number of nitrogens with zero attached hydrogens (tertiary/aromatic N) is 2. The molecule has 0 saturated carbocycles. The average molecular weight is 274 g/mol. The Labute approximate surface area is 117 Å². The second-order valence-corrected chi connectivity index (χ2v) is 5.03. The zero-order valence-electron chi connectivity index (χ0n) is 11.4. The Bertz CT molecular complexity index is 584. The number of rotatable bonds is 4. The van der Waals surface area contributed by atoms with E-state index in [0.29, 0.717) is 5.82 Å². The standard InChI is InChI=1S/C14H18N4S/c1-4-12-17-13(15)9(2)14(18-12)16-10-7-5-6-8-11(10)19-3/h5-8H,4H2,1-3H3,(H3,15,16,17,18). The Morgan fingerprint density at radius 3 is 2.68 bits per heavy atom. The molecule has 0 saturated heterocycles. The molecule has 0 unspecified atom stereocenters. The van der Waals surface area contributed by atoms with Gasteiger partial charge in [-0.3, -0.25) is 0 Å². The summed E-state index contributed by atoms with van der Waals surface area (Å²) in [6.45, 7) is 3.95. The largest absolute Gasteiger partial charge is 0.383 e. The lowest BCUT2D eigenvalue weighted by atomic mass is 10.2. The number of aromatic nitrogens is 2. The Hall–Kier alpha value is -1.75. The quantitative estimate of drug-likeness (QED) is 0.837. The second-order valence-electron chi connectivity index (χ2n) is 4.18. The molecule has 4 nitrogen and oxygen atoms in total. The van der Waals surface area contributed by atoms with Crippen molar-refractivity contribution >= 4 is 29.1 Å². The van der Waals surface area contributed by atoms with Crippen LogP contribution >= 0.6 is 11.8 Å². The van der Waals surface area contributed by atoms with Gasteiger partial charge in [0, 0.05) is 16.9 Å². The first-order valence-electron chi connectivity index (χ1n) is 6.18. The van der Waals surface area contributed by atoms with Gasteiger partial charge in [0.25, 0.3) is 0 Å². The van der Waals surface area contributed by atoms with Crippen molar-refractivity contribution in [2.45, 2.75) is 25.2 Å². The highest BCUT2D eigenvalue weighted by atomic mass is 32.2. The number of thioether (sulfide) groups is 1. The molecular weight excluding hydrogens is 256 g/mol. The Balaban J connectivity index is 2.40. The number of nitrogens with one attached hydrogen (secondary N) is 1. The molecule has 1 aromatic heterocycles. The summed E-state index contributed by atoms with van der Waals surface area (Å²) in [5.74, 6) is 2.08. The molecule has 2 rings (SSSR count). The number of hydrogen-bond acceptors (Lipinski definition) is 5. The molecule has 0 fully saturated rings. The first-order valence-corrected chi connectivity index (χ1v) is 7.41. The third-order valence-electron chi connectivity index (χ3n) is 2.91. The summed E-state index contributed by atoms with van der Waals surface area (Å²) in [6, 6.07) is 8.14. The number of hydrogen-bond donors (Lipinski definition) is 2. The van der Waals surface area contributed by atoms with Gasteiger partial charge >= 0.3 is 0 Å². The zero-order chi connectivity index (χ0) is 13.8. The van der Waals surface area contributed by atoms with Crippen LogP contribution < -0.4 is 11.1 Å². The van der Waals surface area contributed by atoms with E-state index < -0.39 is 0 Å². The zero-order valence-corrected chi connectivity index (χ0v) is 12.2. The van der Waals surface area contributed by atoms with Gasteiger partial charge in [-0.15, -0.1) is 11.8 Å². The lowest BCUT2D eigenvalue weighted by molar-refractivity contribution is 0.939. The van der Waals surface area contributed by atoms with E-state index in [2.05, 4.69) is 27.6 Å². The van der Waals surface area contributed by atoms with E-state index in [1.54, 1.807) is 11.8 Å². The molecule has 3 N–H and O–H groups in total. The molecular formula is C14H18N4S. The fourth-order valence-corrected chi connectivity index (χ4v) is 2.29. The van der Waals surface area contributed by atoms with Gasteiger partial charge in [0.2, 0.25) is 0 Å². The van der Waals surface area contributed by atoms with Gasteiger partial charge in [-0.2, -0.15) is 0 Å². The molecule has 1 aromatic carbocycles. The monoisotopic (exact) mass is 274 g/mol. The molecule has 0 amide bonds. The van der Waals surface area contributed by atoms with Crippen molar-refractivity contribution in [1.82, 2.24) is 9.97 Å². The molecule has 0 aliphatic heterocycles. The first-order chi connectivity index (χ1) is 9.15. The summed E-state index contributed by atoms with van der Waals surface area (Å²) in [7, 11) is 0. The van der Waals surface area contributed by atoms with Crippen molar-refractivity contribution in [2.24, 2.45) is 0 Å². The number of para-hydroxylation sites is 1. The number of anilines is 3. The van der Waals surface area contributed by atoms with Crippen LogP contribution in [-0.4, -0.2) is 16.2 Å². The highest BCUT2D eigenvalue weighted by molar-refractivity contribution is 7.98. The lowest BCUT2D eigenvalue weighted by Gasteiger charge is -2.13. The molecule has 2 aromatic rings. The summed E-state index contributed by atoms with van der Waals surface area (Å²) in [6.07, 6.45) is 2.82. The fourth-order valence-electron chi connectivity index (χ4n) is 1.74. The van der Waals surface area contributed by atoms with Gasteiger partial charge < -0.3 is 11.1 Å². The molecule has 0 radical (unpaired) electrons. The van der Waals surface area contributed by atoms with Crippen molar-refractivity contribution in [3.05, 3.63) is 35.7 Å². The summed E-state index contributed by atoms with van der Waals surface area (Å²) >= 11 is 1.70. The van der Waals surface area contributed by atoms with Crippen LogP contribution in [0.5, 0.6) is 0 Å². The summed E-state index contributed by atoms with van der Waals surface area (Å²) < 4.78 is 0. The van der Waals surface area contributed by atoms with Gasteiger partial charge in [-0.25, -0.2) is 9.97 Å². The molecule has 0 aliphatic rings. The first kappa shape index (κ1) is 13.7. The summed E-state index contributed by atoms with van der Waals surface area (Å²) in [4.78, 5) is 9.95. The topological polar surface area (TPSA) is 63.8 Å². The normalized spacial score (nSPS) is 10.5. The Morgan fingerprint density at radius 1 is 1.26 bits per heavy atom. The van der Waals surface area contributed by atoms with E-state index in [4.69, 9.17) is 5.73 Å². The van der Waals surface area contributed by atoms with Crippen LogP contribution in [0.1, 0.15) is 18.3 Å². The van der Waals surface area contributed by atoms with Crippen LogP contribution in [0, 0.1) is 6.92 Å². The van der Waals surface area contributed by atoms with Gasteiger partial charge in [0.15, 0.2) is 0 Å². The third kappa shape index (κ3) is 2.98. The van der Waals surface area contributed by atoms with E-state index >= 15 is 0 Å². The minimum absolute atomic E-state index is 0.538. The van der Waals surface area contributed by atoms with Gasteiger partial charge in [-0.1, -0.05) is 19.1 Å². The van der Waals surface area contributed by atoms with E-state index in [-0.39, 0.29) is 0 Å². The molecule has 0 aliphatic carbocycles. The van der Waals surface area contributed by atoms with Crippen LogP contribution in [-0.2, 0) is 6.42 Å². The van der Waals surface area contributed by atoms with Gasteiger partial charge in [-0.05, 0) is 25.3 Å². The molecule has 0 spiro atoms. The number of nitrogens with two attached hydrogens (primary N) is 1. The molecule has 100 valence electrons. The van der Waals surface area contributed by atoms with E-state index in [9.17, 15) is 0 Å². The average Bonchev–Trinajstić information content (AvgIpc) is 2.44. The van der Waals surface area contributed by atoms with Crippen LogP contribution in [0.25, 0.3) is 0 Å². The van der Waals surface area contributed by atoms with Crippen molar-refractivity contribution in [1.29, 1.82) is 0 Å². The van der Waals surface area contributed by atoms with Crippen LogP contribution in [0.2, 0.25) is 0 Å². The molecule has 5 heteroatoms. The Kier molecular flexibility index (Phi) is 4.27. The second kappa shape index (κ2) is 5.93. The number of benzene rings is 1. The van der Waals surface area contributed by atoms with Crippen LogP contribution in [0.4, 0.5) is 17.3 Å². The van der Waals surface area contributed by atoms with Crippen molar-refractivity contribution in [3.8, 4) is 0 Å². The smallest absolute Gasteiger partial charge is 0.139 e. The highest BCUT2D eigenvalue weighted by Gasteiger charge is 2.09. The Morgan fingerprint density at radius 2 is 2.00 bits per heavy atom. The lowest BCUT2D eigenvalue weighted by Crippen LogP contribution is -2.06. The van der Waals surface area contributed by atoms with Gasteiger partial charge in [0.1, 0.15) is 17.5 Å². The number of nitrogen functional groups attached to an aromatic ring is 1. The predicted molar refractivity (Wildman–Crippen MR) is 82.1 cm³/mol. The van der Waals surface area contributed by atoms with E-state index in [1.165, 1.54) is 4.90 Å². The summed E-state index contributed by atoms with van der Waals surface area (Å²) in [5, 5.41) is 3.36. The maximum Gasteiger partial charge on any atom is 0.139 e. The van der Waals surface area contributed by atoms with Crippen molar-refractivity contribution in [2.75, 3.05) is 17.3 Å². The van der Waals surface area contributed by atoms with E-state index in [1.807, 2.05) is 32.0 Å². The van der Waals surface area contributed by atoms with Crippen LogP contribution in [0.3, 0.4) is 0 Å². The molecule has 1 heterocycles. The maximum absolute atomic E-state index is 5.92. The number of aryl methyl sites for hydroxylation is 1. The highest BCUT2D eigenvalue weighted by Crippen LogP contribution is 2.29. The predicted octanol–water partition coefficient (Wildman–Crippen LogP) is 3.40. The van der Waals surface area contributed by atoms with Crippen LogP contribution in [0.15, 0.2) is 29.2 Å². The third-order valence-corrected chi connectivity index (χ3v) is 3.70. The van der Waals surface area contributed by atoms with Gasteiger partial charge in [0.05, 0.1) is 5.69 Å². The minimum atomic E-state index is 0.538. The maximum atomic E-state index is 5.92.